The first kappa shape index (κ1) is 19.9. The summed E-state index contributed by atoms with van der Waals surface area (Å²) in [5.74, 6) is 0. The second-order valence-electron chi connectivity index (χ2n) is 10.4. The largest absolute Gasteiger partial charge is 0.105 e. The number of allylic oxidation sites excluding steroid dienone is 4. The maximum Gasteiger partial charge on any atom is 0.105 e. The summed E-state index contributed by atoms with van der Waals surface area (Å²) in [6.07, 6.45) is 0. The molecule has 2 aromatic rings. The Labute approximate surface area is 167 Å². The molecule has 27 heavy (non-hydrogen) atoms. The summed E-state index contributed by atoms with van der Waals surface area (Å²) in [7, 11) is -1.80. The molecular weight excluding hydrogens is 340 g/mol. The minimum Gasteiger partial charge on any atom is -0.0629 e. The van der Waals surface area contributed by atoms with Crippen molar-refractivity contribution in [1.29, 1.82) is 0 Å². The number of hydrogen-bond acceptors (Lipinski definition) is 0. The van der Waals surface area contributed by atoms with Gasteiger partial charge in [-0.25, -0.2) is 0 Å². The highest BCUT2D eigenvalue weighted by Crippen LogP contribution is 2.57. The molecule has 1 aliphatic rings. The van der Waals surface area contributed by atoms with E-state index in [-0.39, 0.29) is 10.8 Å². The molecular formula is C26H34Si. The fourth-order valence-electron chi connectivity index (χ4n) is 5.41. The quantitative estimate of drug-likeness (QED) is 0.471. The van der Waals surface area contributed by atoms with Gasteiger partial charge in [0, 0.05) is 0 Å². The van der Waals surface area contributed by atoms with Gasteiger partial charge in [-0.1, -0.05) is 126 Å². The molecule has 0 radical (unpaired) electrons. The molecule has 0 N–H and O–H groups in total. The van der Waals surface area contributed by atoms with Gasteiger partial charge in [-0.05, 0) is 33.1 Å². The highest BCUT2D eigenvalue weighted by molar-refractivity contribution is 6.95. The van der Waals surface area contributed by atoms with Crippen LogP contribution >= 0.6 is 0 Å². The lowest BCUT2D eigenvalue weighted by Crippen LogP contribution is -2.40. The van der Waals surface area contributed by atoms with Crippen LogP contribution in [0.15, 0.2) is 71.1 Å². The third-order valence-corrected chi connectivity index (χ3v) is 10.1. The Bertz CT molecular complexity index is 807. The molecule has 1 heterocycles. The normalized spacial score (nSPS) is 17.6. The van der Waals surface area contributed by atoms with Crippen LogP contribution in [0.3, 0.4) is 0 Å². The van der Waals surface area contributed by atoms with Crippen molar-refractivity contribution in [1.82, 2.24) is 0 Å². The molecule has 0 fully saturated rings. The summed E-state index contributed by atoms with van der Waals surface area (Å²) in [4.78, 5) is 0. The van der Waals surface area contributed by atoms with E-state index in [0.717, 1.165) is 0 Å². The van der Waals surface area contributed by atoms with Crippen molar-refractivity contribution in [2.24, 2.45) is 10.8 Å². The summed E-state index contributed by atoms with van der Waals surface area (Å²) < 4.78 is 0. The van der Waals surface area contributed by atoms with E-state index in [9.17, 15) is 0 Å². The molecule has 142 valence electrons. The molecule has 0 bridgehead atoms. The van der Waals surface area contributed by atoms with Crippen molar-refractivity contribution in [3.8, 4) is 0 Å². The Hall–Kier alpha value is -1.86. The highest BCUT2D eigenvalue weighted by atomic mass is 28.3. The molecule has 0 spiro atoms. The van der Waals surface area contributed by atoms with Gasteiger partial charge in [0.2, 0.25) is 0 Å². The number of benzene rings is 2. The van der Waals surface area contributed by atoms with Crippen molar-refractivity contribution in [2.45, 2.75) is 54.6 Å². The Morgan fingerprint density at radius 3 is 1.07 bits per heavy atom. The van der Waals surface area contributed by atoms with Crippen LogP contribution < -0.4 is 0 Å². The van der Waals surface area contributed by atoms with Crippen LogP contribution in [0.2, 0.25) is 13.1 Å². The van der Waals surface area contributed by atoms with Crippen molar-refractivity contribution >= 4 is 19.2 Å². The molecule has 0 aromatic heterocycles. The second kappa shape index (κ2) is 6.63. The SMILES string of the molecule is CC(C)(C)C1=C(c2ccccc2)C(c2ccccc2)=C(C(C)(C)C)[Si]1(C)C. The average Bonchev–Trinajstić information content (AvgIpc) is 2.84. The summed E-state index contributed by atoms with van der Waals surface area (Å²) >= 11 is 0. The van der Waals surface area contributed by atoms with E-state index < -0.39 is 8.07 Å². The summed E-state index contributed by atoms with van der Waals surface area (Å²) in [6, 6.07) is 22.1. The zero-order valence-electron chi connectivity index (χ0n) is 18.3. The molecule has 2 aromatic carbocycles. The maximum absolute atomic E-state index is 2.56. The molecule has 0 aliphatic carbocycles. The lowest BCUT2D eigenvalue weighted by Gasteiger charge is -2.39. The van der Waals surface area contributed by atoms with Crippen molar-refractivity contribution in [3.63, 3.8) is 0 Å². The molecule has 0 amide bonds. The first-order valence-electron chi connectivity index (χ1n) is 10.1. The lowest BCUT2D eigenvalue weighted by molar-refractivity contribution is 0.515. The van der Waals surface area contributed by atoms with E-state index in [1.807, 2.05) is 0 Å². The van der Waals surface area contributed by atoms with Gasteiger partial charge in [-0.2, -0.15) is 0 Å². The van der Waals surface area contributed by atoms with E-state index in [4.69, 9.17) is 0 Å². The first-order valence-corrected chi connectivity index (χ1v) is 13.1. The molecule has 0 saturated carbocycles. The predicted molar refractivity (Wildman–Crippen MR) is 123 cm³/mol. The van der Waals surface area contributed by atoms with Gasteiger partial charge in [0.1, 0.15) is 8.07 Å². The molecule has 1 heteroatoms. The second-order valence-corrected chi connectivity index (χ2v) is 14.6. The minimum atomic E-state index is -1.80. The van der Waals surface area contributed by atoms with E-state index in [1.54, 1.807) is 10.4 Å². The first-order chi connectivity index (χ1) is 12.5. The smallest absolute Gasteiger partial charge is 0.0629 e. The maximum atomic E-state index is 2.56. The van der Waals surface area contributed by atoms with E-state index in [1.165, 1.54) is 22.3 Å². The molecule has 0 unspecified atom stereocenters. The van der Waals surface area contributed by atoms with Crippen LogP contribution in [0.5, 0.6) is 0 Å². The molecule has 0 saturated heterocycles. The Morgan fingerprint density at radius 2 is 0.815 bits per heavy atom. The van der Waals surface area contributed by atoms with Gasteiger partial charge < -0.3 is 0 Å². The molecule has 3 rings (SSSR count). The zero-order chi connectivity index (χ0) is 20.0. The third kappa shape index (κ3) is 3.50. The number of hydrogen-bond donors (Lipinski definition) is 0. The monoisotopic (exact) mass is 374 g/mol. The highest BCUT2D eigenvalue weighted by Gasteiger charge is 2.49. The van der Waals surface area contributed by atoms with Crippen molar-refractivity contribution in [3.05, 3.63) is 82.2 Å². The summed E-state index contributed by atoms with van der Waals surface area (Å²) in [6.45, 7) is 19.5. The molecule has 0 atom stereocenters. The van der Waals surface area contributed by atoms with E-state index in [0.29, 0.717) is 0 Å². The van der Waals surface area contributed by atoms with E-state index >= 15 is 0 Å². The standard InChI is InChI=1S/C26H34Si/c1-25(2,3)23-21(19-15-11-9-12-16-19)22(20-17-13-10-14-18-20)24(26(4,5)6)27(23,7)8/h9-18H,1-8H3. The van der Waals surface area contributed by atoms with Crippen molar-refractivity contribution < 1.29 is 0 Å². The van der Waals surface area contributed by atoms with E-state index in [2.05, 4.69) is 115 Å². The average molecular weight is 375 g/mol. The van der Waals surface area contributed by atoms with Gasteiger partial charge >= 0.3 is 0 Å². The van der Waals surface area contributed by atoms with Gasteiger partial charge in [-0.3, -0.25) is 0 Å². The summed E-state index contributed by atoms with van der Waals surface area (Å²) in [5, 5.41) is 3.37. The van der Waals surface area contributed by atoms with Gasteiger partial charge in [0.25, 0.3) is 0 Å². The predicted octanol–water partition coefficient (Wildman–Crippen LogP) is 7.79. The van der Waals surface area contributed by atoms with Crippen LogP contribution in [0.1, 0.15) is 52.7 Å². The molecule has 1 aliphatic heterocycles. The van der Waals surface area contributed by atoms with Gasteiger partial charge in [0.15, 0.2) is 0 Å². The van der Waals surface area contributed by atoms with Crippen LogP contribution in [0.25, 0.3) is 11.1 Å². The fourth-order valence-corrected chi connectivity index (χ4v) is 11.2. The van der Waals surface area contributed by atoms with Gasteiger partial charge in [-0.15, -0.1) is 0 Å². The third-order valence-electron chi connectivity index (χ3n) is 5.62. The zero-order valence-corrected chi connectivity index (χ0v) is 19.3. The van der Waals surface area contributed by atoms with Crippen LogP contribution in [0.4, 0.5) is 0 Å². The van der Waals surface area contributed by atoms with Crippen LogP contribution in [-0.4, -0.2) is 8.07 Å². The Balaban J connectivity index is 2.48. The van der Waals surface area contributed by atoms with Crippen molar-refractivity contribution in [2.75, 3.05) is 0 Å². The minimum absolute atomic E-state index is 0.147. The Kier molecular flexibility index (Phi) is 4.89. The summed E-state index contributed by atoms with van der Waals surface area (Å²) in [5.41, 5.74) is 6.01. The Morgan fingerprint density at radius 1 is 0.519 bits per heavy atom. The van der Waals surface area contributed by atoms with Gasteiger partial charge in [0.05, 0.1) is 0 Å². The van der Waals surface area contributed by atoms with Crippen LogP contribution in [-0.2, 0) is 0 Å². The number of rotatable bonds is 2. The van der Waals surface area contributed by atoms with Crippen LogP contribution in [0, 0.1) is 10.8 Å². The lowest BCUT2D eigenvalue weighted by atomic mass is 9.82. The topological polar surface area (TPSA) is 0 Å². The molecule has 0 nitrogen and oxygen atoms in total. The fraction of sp³-hybridized carbons (Fsp3) is 0.385.